The monoisotopic (exact) mass is 262 g/mol. The van der Waals surface area contributed by atoms with E-state index in [2.05, 4.69) is 15.0 Å². The quantitative estimate of drug-likeness (QED) is 0.839. The van der Waals surface area contributed by atoms with Crippen molar-refractivity contribution in [1.29, 1.82) is 0 Å². The minimum Gasteiger partial charge on any atom is -0.384 e. The average molecular weight is 262 g/mol. The molecule has 0 N–H and O–H groups in total. The Morgan fingerprint density at radius 3 is 3.11 bits per heavy atom. The van der Waals surface area contributed by atoms with Crippen LogP contribution in [0, 0.1) is 0 Å². The van der Waals surface area contributed by atoms with E-state index in [0.29, 0.717) is 6.61 Å². The molecule has 1 aliphatic heterocycles. The standard InChI is InChI=1S/C13H18N4O2/c1-18-7-5-10-12-13(15-8-14-10)17(9-16-12)11-4-2-3-6-19-11/h8-9,11H,2-7H2,1H3. The van der Waals surface area contributed by atoms with E-state index >= 15 is 0 Å². The topological polar surface area (TPSA) is 62.1 Å². The summed E-state index contributed by atoms with van der Waals surface area (Å²) in [7, 11) is 1.69. The minimum absolute atomic E-state index is 0.0592. The molecule has 0 amide bonds. The second-order valence-electron chi connectivity index (χ2n) is 4.71. The van der Waals surface area contributed by atoms with Crippen molar-refractivity contribution in [2.75, 3.05) is 20.3 Å². The second kappa shape index (κ2) is 5.63. The van der Waals surface area contributed by atoms with Gasteiger partial charge in [-0.15, -0.1) is 0 Å². The lowest BCUT2D eigenvalue weighted by molar-refractivity contribution is -0.0298. The molecule has 1 saturated heterocycles. The smallest absolute Gasteiger partial charge is 0.165 e. The molecular weight excluding hydrogens is 244 g/mol. The van der Waals surface area contributed by atoms with E-state index in [0.717, 1.165) is 42.7 Å². The van der Waals surface area contributed by atoms with E-state index in [4.69, 9.17) is 9.47 Å². The van der Waals surface area contributed by atoms with Gasteiger partial charge in [-0.3, -0.25) is 4.57 Å². The van der Waals surface area contributed by atoms with Crippen LogP contribution in [0.15, 0.2) is 12.7 Å². The van der Waals surface area contributed by atoms with Crippen molar-refractivity contribution in [2.24, 2.45) is 0 Å². The van der Waals surface area contributed by atoms with Crippen molar-refractivity contribution in [3.05, 3.63) is 18.3 Å². The lowest BCUT2D eigenvalue weighted by Crippen LogP contribution is -2.17. The molecule has 1 atom stereocenters. The van der Waals surface area contributed by atoms with Crippen molar-refractivity contribution < 1.29 is 9.47 Å². The lowest BCUT2D eigenvalue weighted by Gasteiger charge is -2.23. The maximum atomic E-state index is 5.79. The van der Waals surface area contributed by atoms with Gasteiger partial charge in [0.05, 0.1) is 18.6 Å². The Kier molecular flexibility index (Phi) is 3.70. The maximum Gasteiger partial charge on any atom is 0.165 e. The van der Waals surface area contributed by atoms with E-state index in [-0.39, 0.29) is 6.23 Å². The van der Waals surface area contributed by atoms with Crippen molar-refractivity contribution in [3.8, 4) is 0 Å². The van der Waals surface area contributed by atoms with Gasteiger partial charge in [0.25, 0.3) is 0 Å². The third kappa shape index (κ3) is 2.46. The van der Waals surface area contributed by atoms with E-state index in [1.165, 1.54) is 6.42 Å². The highest BCUT2D eigenvalue weighted by atomic mass is 16.5. The van der Waals surface area contributed by atoms with Gasteiger partial charge in [-0.25, -0.2) is 15.0 Å². The first-order chi connectivity index (χ1) is 9.40. The van der Waals surface area contributed by atoms with E-state index < -0.39 is 0 Å². The van der Waals surface area contributed by atoms with Crippen molar-refractivity contribution >= 4 is 11.2 Å². The number of fused-ring (bicyclic) bond motifs is 1. The van der Waals surface area contributed by atoms with Gasteiger partial charge in [0.15, 0.2) is 5.65 Å². The highest BCUT2D eigenvalue weighted by molar-refractivity contribution is 5.73. The molecule has 3 heterocycles. The normalized spacial score (nSPS) is 19.9. The van der Waals surface area contributed by atoms with Gasteiger partial charge in [-0.1, -0.05) is 0 Å². The van der Waals surface area contributed by atoms with E-state index in [9.17, 15) is 0 Å². The fraction of sp³-hybridized carbons (Fsp3) is 0.615. The highest BCUT2D eigenvalue weighted by Gasteiger charge is 2.19. The molecule has 1 aliphatic rings. The summed E-state index contributed by atoms with van der Waals surface area (Å²) in [5.41, 5.74) is 2.64. The number of aromatic nitrogens is 4. The van der Waals surface area contributed by atoms with Crippen LogP contribution in [0.5, 0.6) is 0 Å². The fourth-order valence-electron chi connectivity index (χ4n) is 2.44. The average Bonchev–Trinajstić information content (AvgIpc) is 2.90. The molecule has 19 heavy (non-hydrogen) atoms. The number of nitrogens with zero attached hydrogens (tertiary/aromatic N) is 4. The summed E-state index contributed by atoms with van der Waals surface area (Å²) in [4.78, 5) is 13.1. The molecule has 6 nitrogen and oxygen atoms in total. The highest BCUT2D eigenvalue weighted by Crippen LogP contribution is 2.26. The summed E-state index contributed by atoms with van der Waals surface area (Å²) < 4.78 is 12.9. The Morgan fingerprint density at radius 2 is 2.32 bits per heavy atom. The molecule has 1 unspecified atom stereocenters. The Bertz CT molecular complexity index is 549. The van der Waals surface area contributed by atoms with Gasteiger partial charge in [-0.05, 0) is 19.3 Å². The van der Waals surface area contributed by atoms with Gasteiger partial charge in [-0.2, -0.15) is 0 Å². The first kappa shape index (κ1) is 12.5. The Labute approximate surface area is 111 Å². The first-order valence-corrected chi connectivity index (χ1v) is 6.67. The molecule has 2 aromatic rings. The maximum absolute atomic E-state index is 5.79. The first-order valence-electron chi connectivity index (χ1n) is 6.67. The van der Waals surface area contributed by atoms with Crippen LogP contribution in [-0.2, 0) is 15.9 Å². The molecular formula is C13H18N4O2. The zero-order valence-corrected chi connectivity index (χ0v) is 11.1. The Balaban J connectivity index is 1.94. The summed E-state index contributed by atoms with van der Waals surface area (Å²) in [6.45, 7) is 1.45. The van der Waals surface area contributed by atoms with Crippen LogP contribution in [0.25, 0.3) is 11.2 Å². The second-order valence-corrected chi connectivity index (χ2v) is 4.71. The zero-order valence-electron chi connectivity index (χ0n) is 11.1. The molecule has 6 heteroatoms. The molecule has 0 aliphatic carbocycles. The van der Waals surface area contributed by atoms with Crippen LogP contribution in [0.2, 0.25) is 0 Å². The molecule has 0 aromatic carbocycles. The van der Waals surface area contributed by atoms with Gasteiger partial charge >= 0.3 is 0 Å². The Hall–Kier alpha value is -1.53. The summed E-state index contributed by atoms with van der Waals surface area (Å²) >= 11 is 0. The van der Waals surface area contributed by atoms with Gasteiger partial charge in [0.1, 0.15) is 18.1 Å². The van der Waals surface area contributed by atoms with Crippen LogP contribution in [0.1, 0.15) is 31.2 Å². The number of imidazole rings is 1. The van der Waals surface area contributed by atoms with Crippen molar-refractivity contribution in [2.45, 2.75) is 31.9 Å². The van der Waals surface area contributed by atoms with Crippen LogP contribution in [0.4, 0.5) is 0 Å². The number of hydrogen-bond acceptors (Lipinski definition) is 5. The zero-order chi connectivity index (χ0) is 13.1. The lowest BCUT2D eigenvalue weighted by atomic mass is 10.2. The minimum atomic E-state index is 0.0592. The third-order valence-electron chi connectivity index (χ3n) is 3.44. The fourth-order valence-corrected chi connectivity index (χ4v) is 2.44. The summed E-state index contributed by atoms with van der Waals surface area (Å²) in [5.74, 6) is 0. The van der Waals surface area contributed by atoms with Crippen molar-refractivity contribution in [1.82, 2.24) is 19.5 Å². The van der Waals surface area contributed by atoms with E-state index in [1.807, 2.05) is 10.9 Å². The van der Waals surface area contributed by atoms with Crippen LogP contribution < -0.4 is 0 Å². The largest absolute Gasteiger partial charge is 0.384 e. The molecule has 102 valence electrons. The molecule has 3 rings (SSSR count). The number of rotatable bonds is 4. The summed E-state index contributed by atoms with van der Waals surface area (Å²) in [6.07, 6.45) is 7.55. The summed E-state index contributed by atoms with van der Waals surface area (Å²) in [6, 6.07) is 0. The van der Waals surface area contributed by atoms with Gasteiger partial charge in [0, 0.05) is 20.1 Å². The van der Waals surface area contributed by atoms with Crippen molar-refractivity contribution in [3.63, 3.8) is 0 Å². The molecule has 2 aromatic heterocycles. The van der Waals surface area contributed by atoms with Crippen LogP contribution in [0.3, 0.4) is 0 Å². The number of methoxy groups -OCH3 is 1. The predicted molar refractivity (Wildman–Crippen MR) is 69.7 cm³/mol. The van der Waals surface area contributed by atoms with E-state index in [1.54, 1.807) is 13.4 Å². The van der Waals surface area contributed by atoms with Gasteiger partial charge < -0.3 is 9.47 Å². The van der Waals surface area contributed by atoms with Crippen LogP contribution in [-0.4, -0.2) is 39.8 Å². The number of hydrogen-bond donors (Lipinski definition) is 0. The number of ether oxygens (including phenoxy) is 2. The SMILES string of the molecule is COCCc1ncnc2c1ncn2C1CCCCO1. The molecule has 0 saturated carbocycles. The van der Waals surface area contributed by atoms with Gasteiger partial charge in [0.2, 0.25) is 0 Å². The summed E-state index contributed by atoms with van der Waals surface area (Å²) in [5, 5.41) is 0. The third-order valence-corrected chi connectivity index (χ3v) is 3.44. The Morgan fingerprint density at radius 1 is 1.37 bits per heavy atom. The molecule has 1 fully saturated rings. The molecule has 0 radical (unpaired) electrons. The molecule has 0 bridgehead atoms. The van der Waals surface area contributed by atoms with Crippen LogP contribution >= 0.6 is 0 Å². The molecule has 0 spiro atoms. The predicted octanol–water partition coefficient (Wildman–Crippen LogP) is 1.71.